The third-order valence-corrected chi connectivity index (χ3v) is 3.55. The molecule has 0 radical (unpaired) electrons. The summed E-state index contributed by atoms with van der Waals surface area (Å²) in [4.78, 5) is 12.2. The van der Waals surface area contributed by atoms with Crippen LogP contribution in [-0.2, 0) is 10.8 Å². The summed E-state index contributed by atoms with van der Waals surface area (Å²) in [7, 11) is -0.958. The molecule has 0 saturated carbocycles. The molecule has 0 aliphatic rings. The van der Waals surface area contributed by atoms with Crippen molar-refractivity contribution in [2.75, 3.05) is 18.6 Å². The maximum absolute atomic E-state index is 12.2. The van der Waals surface area contributed by atoms with E-state index in [1.54, 1.807) is 18.4 Å². The van der Waals surface area contributed by atoms with E-state index in [1.807, 2.05) is 19.9 Å². The van der Waals surface area contributed by atoms with Crippen LogP contribution >= 0.6 is 0 Å². The van der Waals surface area contributed by atoms with E-state index in [9.17, 15) is 9.00 Å². The summed E-state index contributed by atoms with van der Waals surface area (Å²) in [5.41, 5.74) is 2.04. The Balaban J connectivity index is 2.94. The molecule has 1 amide bonds. The number of aryl methyl sites for hydroxylation is 1. The van der Waals surface area contributed by atoms with Crippen LogP contribution < -0.4 is 5.32 Å². The lowest BCUT2D eigenvalue weighted by Gasteiger charge is -2.13. The molecule has 5 heteroatoms. The normalized spacial score (nSPS) is 13.0. The molecule has 0 saturated heterocycles. The Morgan fingerprint density at radius 3 is 2.80 bits per heavy atom. The fourth-order valence-electron chi connectivity index (χ4n) is 1.79. The standard InChI is InChI=1S/C15H19NO3S/c1-11-6-7-14(13(9-11)5-4-8-17)15(18)16-12(2)10-20(3)19/h6-7,9,12,17H,8,10H2,1-3H3,(H,16,18). The van der Waals surface area contributed by atoms with E-state index in [0.717, 1.165) is 5.56 Å². The highest BCUT2D eigenvalue weighted by atomic mass is 32.2. The maximum atomic E-state index is 12.2. The molecule has 1 aromatic rings. The SMILES string of the molecule is Cc1ccc(C(=O)NC(C)CS(C)=O)c(C#CCO)c1. The van der Waals surface area contributed by atoms with E-state index in [0.29, 0.717) is 16.9 Å². The molecule has 2 unspecified atom stereocenters. The molecule has 0 aliphatic heterocycles. The summed E-state index contributed by atoms with van der Waals surface area (Å²) in [5.74, 6) is 5.49. The van der Waals surface area contributed by atoms with Gasteiger partial charge < -0.3 is 10.4 Å². The minimum Gasteiger partial charge on any atom is -0.384 e. The Bertz CT molecular complexity index is 572. The number of hydrogen-bond donors (Lipinski definition) is 2. The van der Waals surface area contributed by atoms with Crippen LogP contribution in [0.5, 0.6) is 0 Å². The summed E-state index contributed by atoms with van der Waals surface area (Å²) in [6, 6.07) is 5.18. The number of hydrogen-bond acceptors (Lipinski definition) is 3. The van der Waals surface area contributed by atoms with Gasteiger partial charge in [-0.15, -0.1) is 0 Å². The second-order valence-electron chi connectivity index (χ2n) is 4.62. The van der Waals surface area contributed by atoms with Gasteiger partial charge in [-0.3, -0.25) is 9.00 Å². The van der Waals surface area contributed by atoms with Crippen LogP contribution in [0.1, 0.15) is 28.4 Å². The van der Waals surface area contributed by atoms with Crippen molar-refractivity contribution in [2.24, 2.45) is 0 Å². The summed E-state index contributed by atoms with van der Waals surface area (Å²) in [6.45, 7) is 3.47. The number of nitrogens with one attached hydrogen (secondary N) is 1. The molecule has 0 spiro atoms. The number of rotatable bonds is 4. The first kappa shape index (κ1) is 16.4. The third kappa shape index (κ3) is 5.16. The van der Waals surface area contributed by atoms with Crippen molar-refractivity contribution in [3.05, 3.63) is 34.9 Å². The molecule has 4 nitrogen and oxygen atoms in total. The van der Waals surface area contributed by atoms with Crippen molar-refractivity contribution in [2.45, 2.75) is 19.9 Å². The predicted octanol–water partition coefficient (Wildman–Crippen LogP) is 0.836. The fraction of sp³-hybridized carbons (Fsp3) is 0.400. The highest BCUT2D eigenvalue weighted by Gasteiger charge is 2.14. The Hall–Kier alpha value is -1.64. The van der Waals surface area contributed by atoms with Crippen molar-refractivity contribution < 1.29 is 14.1 Å². The largest absolute Gasteiger partial charge is 0.384 e. The molecule has 20 heavy (non-hydrogen) atoms. The van der Waals surface area contributed by atoms with Gasteiger partial charge in [-0.05, 0) is 31.5 Å². The van der Waals surface area contributed by atoms with Gasteiger partial charge in [0.15, 0.2) is 0 Å². The molecule has 1 rings (SSSR count). The highest BCUT2D eigenvalue weighted by Crippen LogP contribution is 2.11. The zero-order chi connectivity index (χ0) is 15.1. The molecular weight excluding hydrogens is 274 g/mol. The van der Waals surface area contributed by atoms with Crippen molar-refractivity contribution in [1.29, 1.82) is 0 Å². The molecule has 0 bridgehead atoms. The number of aliphatic hydroxyl groups excluding tert-OH is 1. The Morgan fingerprint density at radius 2 is 2.20 bits per heavy atom. The Labute approximate surface area is 122 Å². The maximum Gasteiger partial charge on any atom is 0.252 e. The van der Waals surface area contributed by atoms with E-state index in [4.69, 9.17) is 5.11 Å². The monoisotopic (exact) mass is 293 g/mol. The first-order valence-corrected chi connectivity index (χ1v) is 7.98. The van der Waals surface area contributed by atoms with E-state index in [-0.39, 0.29) is 18.6 Å². The van der Waals surface area contributed by atoms with Crippen LogP contribution in [-0.4, -0.2) is 39.9 Å². The van der Waals surface area contributed by atoms with E-state index >= 15 is 0 Å². The van der Waals surface area contributed by atoms with Crippen LogP contribution in [0.3, 0.4) is 0 Å². The first-order chi connectivity index (χ1) is 9.43. The molecule has 1 aromatic carbocycles. The van der Waals surface area contributed by atoms with Gasteiger partial charge in [-0.1, -0.05) is 17.9 Å². The van der Waals surface area contributed by atoms with Crippen molar-refractivity contribution >= 4 is 16.7 Å². The number of benzene rings is 1. The van der Waals surface area contributed by atoms with Crippen LogP contribution in [0, 0.1) is 18.8 Å². The summed E-state index contributed by atoms with van der Waals surface area (Å²) >= 11 is 0. The van der Waals surface area contributed by atoms with Crippen LogP contribution in [0.15, 0.2) is 18.2 Å². The zero-order valence-corrected chi connectivity index (χ0v) is 12.7. The Kier molecular flexibility index (Phi) is 6.43. The summed E-state index contributed by atoms with van der Waals surface area (Å²) in [6.07, 6.45) is 1.60. The second kappa shape index (κ2) is 7.83. The number of carbonyl (C=O) groups is 1. The second-order valence-corrected chi connectivity index (χ2v) is 6.10. The average molecular weight is 293 g/mol. The van der Waals surface area contributed by atoms with Crippen molar-refractivity contribution in [1.82, 2.24) is 5.32 Å². The van der Waals surface area contributed by atoms with Gasteiger partial charge in [0.05, 0.1) is 5.56 Å². The van der Waals surface area contributed by atoms with E-state index < -0.39 is 10.8 Å². The molecule has 2 atom stereocenters. The number of carbonyl (C=O) groups excluding carboxylic acids is 1. The average Bonchev–Trinajstić information content (AvgIpc) is 2.35. The lowest BCUT2D eigenvalue weighted by molar-refractivity contribution is 0.0943. The van der Waals surface area contributed by atoms with Gasteiger partial charge in [0.1, 0.15) is 6.61 Å². The summed E-state index contributed by atoms with van der Waals surface area (Å²) < 4.78 is 11.1. The first-order valence-electron chi connectivity index (χ1n) is 6.25. The Morgan fingerprint density at radius 1 is 1.50 bits per heavy atom. The van der Waals surface area contributed by atoms with Gasteiger partial charge in [0.25, 0.3) is 5.91 Å². The van der Waals surface area contributed by atoms with E-state index in [2.05, 4.69) is 17.2 Å². The molecule has 108 valence electrons. The number of amides is 1. The molecule has 0 aliphatic carbocycles. The van der Waals surface area contributed by atoms with Gasteiger partial charge >= 0.3 is 0 Å². The molecular formula is C15H19NO3S. The molecule has 0 aromatic heterocycles. The lowest BCUT2D eigenvalue weighted by Crippen LogP contribution is -2.36. The third-order valence-electron chi connectivity index (χ3n) is 2.58. The minimum atomic E-state index is -0.958. The van der Waals surface area contributed by atoms with Gasteiger partial charge in [0.2, 0.25) is 0 Å². The highest BCUT2D eigenvalue weighted by molar-refractivity contribution is 7.84. The van der Waals surface area contributed by atoms with Gasteiger partial charge in [-0.2, -0.15) is 0 Å². The topological polar surface area (TPSA) is 66.4 Å². The predicted molar refractivity (Wildman–Crippen MR) is 81.0 cm³/mol. The molecule has 0 heterocycles. The molecule has 2 N–H and O–H groups in total. The number of aliphatic hydroxyl groups is 1. The molecule has 0 fully saturated rings. The van der Waals surface area contributed by atoms with Gasteiger partial charge in [0, 0.05) is 34.4 Å². The smallest absolute Gasteiger partial charge is 0.252 e. The van der Waals surface area contributed by atoms with Crippen LogP contribution in [0.2, 0.25) is 0 Å². The van der Waals surface area contributed by atoms with Crippen LogP contribution in [0.4, 0.5) is 0 Å². The fourth-order valence-corrected chi connectivity index (χ4v) is 2.58. The van der Waals surface area contributed by atoms with Crippen LogP contribution in [0.25, 0.3) is 0 Å². The lowest BCUT2D eigenvalue weighted by atomic mass is 10.0. The van der Waals surface area contributed by atoms with Crippen molar-refractivity contribution in [3.8, 4) is 11.8 Å². The van der Waals surface area contributed by atoms with E-state index in [1.165, 1.54) is 0 Å². The quantitative estimate of drug-likeness (QED) is 0.808. The minimum absolute atomic E-state index is 0.173. The van der Waals surface area contributed by atoms with Crippen molar-refractivity contribution in [3.63, 3.8) is 0 Å². The summed E-state index contributed by atoms with van der Waals surface area (Å²) in [5, 5.41) is 11.6. The van der Waals surface area contributed by atoms with Gasteiger partial charge in [-0.25, -0.2) is 0 Å². The zero-order valence-electron chi connectivity index (χ0n) is 11.9.